The number of primary amides is 1. The molecule has 1 amide bonds. The van der Waals surface area contributed by atoms with Gasteiger partial charge in [-0.3, -0.25) is 4.79 Å². The number of amides is 1. The smallest absolute Gasteiger partial charge is 0.249 e. The molecule has 1 heterocycles. The van der Waals surface area contributed by atoms with Crippen molar-refractivity contribution in [1.29, 1.82) is 0 Å². The number of carbonyl (C=O) groups is 1. The molecule has 1 atom stereocenters. The molecule has 1 aromatic rings. The van der Waals surface area contributed by atoms with Crippen LogP contribution in [-0.2, 0) is 6.54 Å². The predicted molar refractivity (Wildman–Crippen MR) is 67.7 cm³/mol. The molecule has 1 unspecified atom stereocenters. The summed E-state index contributed by atoms with van der Waals surface area (Å²) >= 11 is 0. The van der Waals surface area contributed by atoms with E-state index in [1.54, 1.807) is 6.07 Å². The number of nitrogens with one attached hydrogen (secondary N) is 2. The molecule has 17 heavy (non-hydrogen) atoms. The van der Waals surface area contributed by atoms with Gasteiger partial charge >= 0.3 is 0 Å². The zero-order valence-corrected chi connectivity index (χ0v) is 10.1. The van der Waals surface area contributed by atoms with Crippen molar-refractivity contribution in [2.24, 2.45) is 5.73 Å². The minimum absolute atomic E-state index is 0.116. The van der Waals surface area contributed by atoms with E-state index in [9.17, 15) is 4.79 Å². The fourth-order valence-corrected chi connectivity index (χ4v) is 2.19. The normalized spacial score (nSPS) is 23.8. The third-order valence-electron chi connectivity index (χ3n) is 3.36. The highest BCUT2D eigenvalue weighted by atomic mass is 16.1. The van der Waals surface area contributed by atoms with Crippen molar-refractivity contribution in [2.75, 3.05) is 13.1 Å². The van der Waals surface area contributed by atoms with E-state index in [2.05, 4.69) is 17.6 Å². The van der Waals surface area contributed by atoms with Crippen molar-refractivity contribution in [3.05, 3.63) is 35.4 Å². The summed E-state index contributed by atoms with van der Waals surface area (Å²) < 4.78 is 0. The number of hydrogen-bond donors (Lipinski definition) is 3. The molecule has 4 heteroatoms. The van der Waals surface area contributed by atoms with E-state index in [4.69, 9.17) is 5.73 Å². The topological polar surface area (TPSA) is 67.1 Å². The summed E-state index contributed by atoms with van der Waals surface area (Å²) in [7, 11) is 0. The maximum atomic E-state index is 11.3. The molecule has 0 bridgehead atoms. The van der Waals surface area contributed by atoms with E-state index in [0.717, 1.165) is 25.1 Å². The van der Waals surface area contributed by atoms with Crippen molar-refractivity contribution in [3.63, 3.8) is 0 Å². The van der Waals surface area contributed by atoms with Crippen molar-refractivity contribution >= 4 is 5.91 Å². The molecule has 2 rings (SSSR count). The van der Waals surface area contributed by atoms with E-state index in [1.165, 1.54) is 0 Å². The lowest BCUT2D eigenvalue weighted by molar-refractivity contribution is 0.0999. The maximum Gasteiger partial charge on any atom is 0.249 e. The lowest BCUT2D eigenvalue weighted by Crippen LogP contribution is -2.43. The molecule has 0 aromatic heterocycles. The van der Waals surface area contributed by atoms with E-state index in [-0.39, 0.29) is 11.4 Å². The largest absolute Gasteiger partial charge is 0.366 e. The van der Waals surface area contributed by atoms with Crippen LogP contribution in [0.5, 0.6) is 0 Å². The molecule has 92 valence electrons. The third kappa shape index (κ3) is 2.84. The van der Waals surface area contributed by atoms with E-state index in [0.29, 0.717) is 12.1 Å². The number of rotatable bonds is 4. The predicted octanol–water partition coefficient (Wildman–Crippen LogP) is 0.627. The standard InChI is InChI=1S/C13H19N3O/c1-13(6-7-15-9-13)16-8-10-4-2-3-5-11(10)12(14)17/h2-5,15-16H,6-9H2,1H3,(H2,14,17). The van der Waals surface area contributed by atoms with Crippen LogP contribution in [0.2, 0.25) is 0 Å². The fraction of sp³-hybridized carbons (Fsp3) is 0.462. The Hall–Kier alpha value is -1.39. The van der Waals surface area contributed by atoms with Crippen LogP contribution in [-0.4, -0.2) is 24.5 Å². The first-order valence-electron chi connectivity index (χ1n) is 5.94. The fourth-order valence-electron chi connectivity index (χ4n) is 2.19. The van der Waals surface area contributed by atoms with Crippen molar-refractivity contribution < 1.29 is 4.79 Å². The van der Waals surface area contributed by atoms with Crippen LogP contribution in [0.15, 0.2) is 24.3 Å². The molecule has 1 fully saturated rings. The van der Waals surface area contributed by atoms with Crippen molar-refractivity contribution in [3.8, 4) is 0 Å². The van der Waals surface area contributed by atoms with Crippen LogP contribution in [0.25, 0.3) is 0 Å². The Kier molecular flexibility index (Phi) is 3.45. The molecule has 0 saturated carbocycles. The van der Waals surface area contributed by atoms with Gasteiger partial charge in [0.05, 0.1) is 0 Å². The molecular weight excluding hydrogens is 214 g/mol. The first-order valence-corrected chi connectivity index (χ1v) is 5.94. The second kappa shape index (κ2) is 4.85. The minimum atomic E-state index is -0.364. The molecule has 1 aliphatic rings. The summed E-state index contributed by atoms with van der Waals surface area (Å²) in [5.41, 5.74) is 7.04. The Labute approximate surface area is 102 Å². The second-order valence-corrected chi connectivity index (χ2v) is 4.86. The van der Waals surface area contributed by atoms with Gasteiger partial charge in [0.1, 0.15) is 0 Å². The molecule has 0 radical (unpaired) electrons. The molecule has 4 nitrogen and oxygen atoms in total. The first kappa shape index (κ1) is 12.1. The molecule has 1 aliphatic heterocycles. The first-order chi connectivity index (χ1) is 8.11. The van der Waals surface area contributed by atoms with Gasteiger partial charge in [-0.2, -0.15) is 0 Å². The average molecular weight is 233 g/mol. The summed E-state index contributed by atoms with van der Waals surface area (Å²) in [5.74, 6) is -0.364. The lowest BCUT2D eigenvalue weighted by Gasteiger charge is -2.25. The van der Waals surface area contributed by atoms with Crippen LogP contribution in [0.4, 0.5) is 0 Å². The van der Waals surface area contributed by atoms with Gasteiger partial charge in [-0.25, -0.2) is 0 Å². The number of carbonyl (C=O) groups excluding carboxylic acids is 1. The second-order valence-electron chi connectivity index (χ2n) is 4.86. The highest BCUT2D eigenvalue weighted by Crippen LogP contribution is 2.15. The van der Waals surface area contributed by atoms with Crippen LogP contribution >= 0.6 is 0 Å². The van der Waals surface area contributed by atoms with Crippen molar-refractivity contribution in [2.45, 2.75) is 25.4 Å². The summed E-state index contributed by atoms with van der Waals surface area (Å²) in [6.07, 6.45) is 1.10. The van der Waals surface area contributed by atoms with Gasteiger partial charge in [0.25, 0.3) is 0 Å². The highest BCUT2D eigenvalue weighted by Gasteiger charge is 2.27. The Morgan fingerprint density at radius 3 is 2.94 bits per heavy atom. The Morgan fingerprint density at radius 2 is 2.29 bits per heavy atom. The van der Waals surface area contributed by atoms with E-state index >= 15 is 0 Å². The van der Waals surface area contributed by atoms with Crippen LogP contribution in [0.1, 0.15) is 29.3 Å². The van der Waals surface area contributed by atoms with E-state index in [1.807, 2.05) is 18.2 Å². The average Bonchev–Trinajstić information content (AvgIpc) is 2.74. The summed E-state index contributed by atoms with van der Waals surface area (Å²) in [5, 5.41) is 6.83. The van der Waals surface area contributed by atoms with Gasteiger partial charge in [0.15, 0.2) is 0 Å². The van der Waals surface area contributed by atoms with Crippen LogP contribution < -0.4 is 16.4 Å². The van der Waals surface area contributed by atoms with Crippen molar-refractivity contribution in [1.82, 2.24) is 10.6 Å². The molecule has 1 aromatic carbocycles. The molecule has 0 aliphatic carbocycles. The van der Waals surface area contributed by atoms with Crippen LogP contribution in [0, 0.1) is 0 Å². The molecule has 4 N–H and O–H groups in total. The highest BCUT2D eigenvalue weighted by molar-refractivity contribution is 5.94. The summed E-state index contributed by atoms with van der Waals surface area (Å²) in [6, 6.07) is 7.48. The zero-order valence-electron chi connectivity index (χ0n) is 10.1. The minimum Gasteiger partial charge on any atom is -0.366 e. The molecular formula is C13H19N3O. The van der Waals surface area contributed by atoms with Gasteiger partial charge in [0.2, 0.25) is 5.91 Å². The molecule has 0 spiro atoms. The van der Waals surface area contributed by atoms with Gasteiger partial charge < -0.3 is 16.4 Å². The SMILES string of the molecule is CC1(NCc2ccccc2C(N)=O)CCNC1. The Morgan fingerprint density at radius 1 is 1.53 bits per heavy atom. The Bertz CT molecular complexity index is 411. The third-order valence-corrected chi connectivity index (χ3v) is 3.36. The quantitative estimate of drug-likeness (QED) is 0.714. The molecule has 1 saturated heterocycles. The summed E-state index contributed by atoms with van der Waals surface area (Å²) in [4.78, 5) is 11.3. The van der Waals surface area contributed by atoms with Gasteiger partial charge in [0, 0.05) is 24.2 Å². The van der Waals surface area contributed by atoms with Crippen LogP contribution in [0.3, 0.4) is 0 Å². The summed E-state index contributed by atoms with van der Waals surface area (Å²) in [6.45, 7) is 4.88. The van der Waals surface area contributed by atoms with E-state index < -0.39 is 0 Å². The maximum absolute atomic E-state index is 11.3. The zero-order chi connectivity index (χ0) is 12.3. The monoisotopic (exact) mass is 233 g/mol. The number of benzene rings is 1. The number of nitrogens with two attached hydrogens (primary N) is 1. The lowest BCUT2D eigenvalue weighted by atomic mass is 10.00. The van der Waals surface area contributed by atoms with Gasteiger partial charge in [-0.05, 0) is 31.5 Å². The Balaban J connectivity index is 2.06. The van der Waals surface area contributed by atoms with Gasteiger partial charge in [-0.15, -0.1) is 0 Å². The van der Waals surface area contributed by atoms with Gasteiger partial charge in [-0.1, -0.05) is 18.2 Å². The number of hydrogen-bond acceptors (Lipinski definition) is 3.